The molecule has 3 heteroatoms. The molecule has 1 rings (SSSR count). The average molecular weight is 172 g/mol. The van der Waals surface area contributed by atoms with Crippen LogP contribution in [0, 0.1) is 5.92 Å². The molecule has 0 bridgehead atoms. The molecule has 1 fully saturated rings. The van der Waals surface area contributed by atoms with Crippen LogP contribution in [0.1, 0.15) is 26.7 Å². The SMILES string of the molecule is CC(C)OCC(=O)C(O)C1CC1. The van der Waals surface area contributed by atoms with Gasteiger partial charge >= 0.3 is 0 Å². The van der Waals surface area contributed by atoms with Crippen LogP contribution in [0.5, 0.6) is 0 Å². The Kier molecular flexibility index (Phi) is 3.23. The molecule has 0 aromatic carbocycles. The van der Waals surface area contributed by atoms with Gasteiger partial charge in [0.25, 0.3) is 0 Å². The number of rotatable bonds is 5. The van der Waals surface area contributed by atoms with E-state index >= 15 is 0 Å². The summed E-state index contributed by atoms with van der Waals surface area (Å²) in [5.74, 6) is 0.0412. The van der Waals surface area contributed by atoms with E-state index in [1.807, 2.05) is 13.8 Å². The van der Waals surface area contributed by atoms with Gasteiger partial charge in [0.15, 0.2) is 5.78 Å². The van der Waals surface area contributed by atoms with Crippen LogP contribution in [0.3, 0.4) is 0 Å². The Morgan fingerprint density at radius 2 is 2.17 bits per heavy atom. The van der Waals surface area contributed by atoms with Gasteiger partial charge < -0.3 is 9.84 Å². The number of hydrogen-bond donors (Lipinski definition) is 1. The van der Waals surface area contributed by atoms with Crippen LogP contribution in [-0.4, -0.2) is 29.7 Å². The highest BCUT2D eigenvalue weighted by Crippen LogP contribution is 2.32. The summed E-state index contributed by atoms with van der Waals surface area (Å²) in [7, 11) is 0. The summed E-state index contributed by atoms with van der Waals surface area (Å²) in [5.41, 5.74) is 0. The minimum atomic E-state index is -0.774. The van der Waals surface area contributed by atoms with Crippen LogP contribution in [0.25, 0.3) is 0 Å². The number of aliphatic hydroxyl groups excluding tert-OH is 1. The lowest BCUT2D eigenvalue weighted by Gasteiger charge is -2.10. The summed E-state index contributed by atoms with van der Waals surface area (Å²) < 4.78 is 5.09. The van der Waals surface area contributed by atoms with Crippen molar-refractivity contribution in [2.24, 2.45) is 5.92 Å². The van der Waals surface area contributed by atoms with E-state index in [1.165, 1.54) is 0 Å². The Balaban J connectivity index is 2.17. The summed E-state index contributed by atoms with van der Waals surface area (Å²) in [6, 6.07) is 0. The van der Waals surface area contributed by atoms with Crippen LogP contribution in [0.4, 0.5) is 0 Å². The van der Waals surface area contributed by atoms with Crippen molar-refractivity contribution >= 4 is 5.78 Å². The molecule has 0 saturated heterocycles. The van der Waals surface area contributed by atoms with Crippen LogP contribution in [0.2, 0.25) is 0 Å². The van der Waals surface area contributed by atoms with Gasteiger partial charge in [-0.25, -0.2) is 0 Å². The van der Waals surface area contributed by atoms with Crippen LogP contribution < -0.4 is 0 Å². The largest absolute Gasteiger partial charge is 0.385 e. The zero-order valence-corrected chi connectivity index (χ0v) is 7.62. The molecule has 0 radical (unpaired) electrons. The normalized spacial score (nSPS) is 19.7. The second-order valence-corrected chi connectivity index (χ2v) is 3.61. The highest BCUT2D eigenvalue weighted by molar-refractivity contribution is 5.84. The van der Waals surface area contributed by atoms with E-state index < -0.39 is 6.10 Å². The lowest BCUT2D eigenvalue weighted by Crippen LogP contribution is -2.27. The predicted octanol–water partition coefficient (Wildman–Crippen LogP) is 0.751. The molecule has 0 heterocycles. The second kappa shape index (κ2) is 4.01. The van der Waals surface area contributed by atoms with Crippen molar-refractivity contribution < 1.29 is 14.6 Å². The molecule has 1 atom stereocenters. The number of carbonyl (C=O) groups excluding carboxylic acids is 1. The minimum absolute atomic E-state index is 0.0509. The Morgan fingerprint density at radius 3 is 2.58 bits per heavy atom. The maximum Gasteiger partial charge on any atom is 0.187 e. The highest BCUT2D eigenvalue weighted by Gasteiger charge is 2.34. The van der Waals surface area contributed by atoms with Crippen molar-refractivity contribution in [1.29, 1.82) is 0 Å². The van der Waals surface area contributed by atoms with E-state index in [0.29, 0.717) is 0 Å². The van der Waals surface area contributed by atoms with Gasteiger partial charge in [0, 0.05) is 0 Å². The third-order valence-electron chi connectivity index (χ3n) is 1.96. The Morgan fingerprint density at radius 1 is 1.58 bits per heavy atom. The summed E-state index contributed by atoms with van der Waals surface area (Å²) >= 11 is 0. The van der Waals surface area contributed by atoms with E-state index in [-0.39, 0.29) is 24.4 Å². The molecule has 1 aliphatic carbocycles. The molecule has 0 aromatic rings. The highest BCUT2D eigenvalue weighted by atomic mass is 16.5. The standard InChI is InChI=1S/C9H16O3/c1-6(2)12-5-8(10)9(11)7-3-4-7/h6-7,9,11H,3-5H2,1-2H3. The first-order chi connectivity index (χ1) is 5.61. The summed E-state index contributed by atoms with van der Waals surface area (Å²) in [4.78, 5) is 11.2. The molecule has 1 saturated carbocycles. The zero-order chi connectivity index (χ0) is 9.14. The Bertz CT molecular complexity index is 161. The number of carbonyl (C=O) groups is 1. The molecule has 1 aliphatic rings. The molecule has 3 nitrogen and oxygen atoms in total. The van der Waals surface area contributed by atoms with E-state index in [9.17, 15) is 9.90 Å². The monoisotopic (exact) mass is 172 g/mol. The number of ketones is 1. The maximum atomic E-state index is 11.2. The maximum absolute atomic E-state index is 11.2. The summed E-state index contributed by atoms with van der Waals surface area (Å²) in [6.07, 6.45) is 1.24. The van der Waals surface area contributed by atoms with Gasteiger partial charge in [0.2, 0.25) is 0 Å². The molecule has 1 N–H and O–H groups in total. The van der Waals surface area contributed by atoms with Crippen molar-refractivity contribution in [1.82, 2.24) is 0 Å². The second-order valence-electron chi connectivity index (χ2n) is 3.61. The van der Waals surface area contributed by atoms with E-state index in [1.54, 1.807) is 0 Å². The van der Waals surface area contributed by atoms with Crippen LogP contribution in [0.15, 0.2) is 0 Å². The average Bonchev–Trinajstić information content (AvgIpc) is 2.80. The van der Waals surface area contributed by atoms with E-state index in [4.69, 9.17) is 4.74 Å². The molecule has 12 heavy (non-hydrogen) atoms. The lowest BCUT2D eigenvalue weighted by molar-refractivity contribution is -0.134. The molecule has 0 spiro atoms. The van der Waals surface area contributed by atoms with Gasteiger partial charge in [-0.1, -0.05) is 0 Å². The Labute approximate surface area is 72.7 Å². The van der Waals surface area contributed by atoms with Gasteiger partial charge in [-0.2, -0.15) is 0 Å². The molecule has 0 amide bonds. The van der Waals surface area contributed by atoms with Crippen molar-refractivity contribution in [2.45, 2.75) is 38.9 Å². The first kappa shape index (κ1) is 9.68. The number of ether oxygens (including phenoxy) is 1. The fourth-order valence-electron chi connectivity index (χ4n) is 1.01. The van der Waals surface area contributed by atoms with Crippen molar-refractivity contribution in [3.05, 3.63) is 0 Å². The molecule has 1 unspecified atom stereocenters. The molecular formula is C9H16O3. The first-order valence-corrected chi connectivity index (χ1v) is 4.43. The summed E-state index contributed by atoms with van der Waals surface area (Å²) in [5, 5.41) is 9.34. The molecule has 0 aliphatic heterocycles. The number of aliphatic hydroxyl groups is 1. The fourth-order valence-corrected chi connectivity index (χ4v) is 1.01. The van der Waals surface area contributed by atoms with Crippen molar-refractivity contribution in [3.63, 3.8) is 0 Å². The molecule has 0 aromatic heterocycles. The number of Topliss-reactive ketones (excluding diaryl/α,β-unsaturated/α-hetero) is 1. The summed E-state index contributed by atoms with van der Waals surface area (Å²) in [6.45, 7) is 3.79. The van der Waals surface area contributed by atoms with Crippen molar-refractivity contribution in [2.75, 3.05) is 6.61 Å². The van der Waals surface area contributed by atoms with E-state index in [2.05, 4.69) is 0 Å². The minimum Gasteiger partial charge on any atom is -0.385 e. The fraction of sp³-hybridized carbons (Fsp3) is 0.889. The molecule has 70 valence electrons. The number of hydrogen-bond acceptors (Lipinski definition) is 3. The third kappa shape index (κ3) is 2.91. The third-order valence-corrected chi connectivity index (χ3v) is 1.96. The van der Waals surface area contributed by atoms with Crippen molar-refractivity contribution in [3.8, 4) is 0 Å². The van der Waals surface area contributed by atoms with E-state index in [0.717, 1.165) is 12.8 Å². The van der Waals surface area contributed by atoms with Gasteiger partial charge in [-0.15, -0.1) is 0 Å². The smallest absolute Gasteiger partial charge is 0.187 e. The van der Waals surface area contributed by atoms with Gasteiger partial charge in [-0.3, -0.25) is 4.79 Å². The topological polar surface area (TPSA) is 46.5 Å². The van der Waals surface area contributed by atoms with Crippen LogP contribution in [-0.2, 0) is 9.53 Å². The quantitative estimate of drug-likeness (QED) is 0.665. The van der Waals surface area contributed by atoms with Gasteiger partial charge in [0.1, 0.15) is 12.7 Å². The zero-order valence-electron chi connectivity index (χ0n) is 7.62. The first-order valence-electron chi connectivity index (χ1n) is 4.43. The Hall–Kier alpha value is -0.410. The van der Waals surface area contributed by atoms with Gasteiger partial charge in [0.05, 0.1) is 6.10 Å². The lowest BCUT2D eigenvalue weighted by atomic mass is 10.1. The van der Waals surface area contributed by atoms with Crippen LogP contribution >= 0.6 is 0 Å². The molecular weight excluding hydrogens is 156 g/mol. The predicted molar refractivity (Wildman–Crippen MR) is 44.8 cm³/mol. The van der Waals surface area contributed by atoms with Gasteiger partial charge in [-0.05, 0) is 32.6 Å².